The van der Waals surface area contributed by atoms with Crippen molar-refractivity contribution < 1.29 is 14.4 Å². The molecule has 3 aliphatic rings. The van der Waals surface area contributed by atoms with Crippen LogP contribution in [0.15, 0.2) is 18.2 Å². The average Bonchev–Trinajstić information content (AvgIpc) is 3.18. The summed E-state index contributed by atoms with van der Waals surface area (Å²) in [6.45, 7) is 5.27. The maximum Gasteiger partial charge on any atom is 0.255 e. The minimum atomic E-state index is -0.582. The first-order valence-electron chi connectivity index (χ1n) is 13.2. The fourth-order valence-electron chi connectivity index (χ4n) is 6.00. The van der Waals surface area contributed by atoms with E-state index in [0.29, 0.717) is 18.5 Å². The van der Waals surface area contributed by atoms with Crippen LogP contribution in [0.25, 0.3) is 0 Å². The Morgan fingerprint density at radius 2 is 1.91 bits per heavy atom. The fourth-order valence-corrected chi connectivity index (χ4v) is 6.00. The van der Waals surface area contributed by atoms with Crippen LogP contribution < -0.4 is 16.0 Å². The van der Waals surface area contributed by atoms with Gasteiger partial charge in [-0.15, -0.1) is 0 Å². The lowest BCUT2D eigenvalue weighted by molar-refractivity contribution is -0.136. The summed E-state index contributed by atoms with van der Waals surface area (Å²) in [6.07, 6.45) is 11.4. The lowest BCUT2D eigenvalue weighted by Gasteiger charge is -2.39. The van der Waals surface area contributed by atoms with Crippen molar-refractivity contribution in [3.63, 3.8) is 0 Å². The third-order valence-corrected chi connectivity index (χ3v) is 8.19. The van der Waals surface area contributed by atoms with Crippen LogP contribution in [0.5, 0.6) is 0 Å². The normalized spacial score (nSPS) is 22.0. The van der Waals surface area contributed by atoms with Crippen LogP contribution in [0.4, 0.5) is 5.69 Å². The van der Waals surface area contributed by atoms with E-state index in [9.17, 15) is 14.4 Å². The molecule has 2 aliphatic heterocycles. The van der Waals surface area contributed by atoms with Crippen LogP contribution >= 0.6 is 0 Å². The lowest BCUT2D eigenvalue weighted by atomic mass is 9.72. The molecular weight excluding hydrogens is 428 g/mol. The van der Waals surface area contributed by atoms with Gasteiger partial charge in [-0.3, -0.25) is 19.7 Å². The van der Waals surface area contributed by atoms with Crippen molar-refractivity contribution in [3.8, 4) is 0 Å². The molecule has 0 radical (unpaired) electrons. The lowest BCUT2D eigenvalue weighted by Crippen LogP contribution is -2.52. The number of unbranched alkanes of at least 4 members (excludes halogenated alkanes) is 2. The van der Waals surface area contributed by atoms with Crippen molar-refractivity contribution in [1.82, 2.24) is 10.2 Å². The van der Waals surface area contributed by atoms with E-state index in [1.807, 2.05) is 12.1 Å². The predicted molar refractivity (Wildman–Crippen MR) is 133 cm³/mol. The summed E-state index contributed by atoms with van der Waals surface area (Å²) >= 11 is 0. The molecule has 4 rings (SSSR count). The Hall–Kier alpha value is -2.41. The number of piperidine rings is 1. The molecule has 1 unspecified atom stereocenters. The standard InChI is InChI=1S/C27H40N4O3/c1-2-3-7-16-30(17-15-27(19-28)13-5-4-6-14-27)22-10-8-9-20-21(22)18-31(26(20)34)23-11-12-24(32)29-25(23)33/h8-10,23H,2-7,11-19,28H2,1H3,(H,29,32,33). The molecule has 1 aromatic rings. The molecule has 1 atom stereocenters. The highest BCUT2D eigenvalue weighted by atomic mass is 16.2. The monoisotopic (exact) mass is 468 g/mol. The van der Waals surface area contributed by atoms with Gasteiger partial charge in [0.15, 0.2) is 0 Å². The van der Waals surface area contributed by atoms with Gasteiger partial charge < -0.3 is 15.5 Å². The zero-order valence-electron chi connectivity index (χ0n) is 20.6. The van der Waals surface area contributed by atoms with Crippen molar-refractivity contribution in [2.75, 3.05) is 24.5 Å². The molecule has 3 amide bonds. The molecule has 34 heavy (non-hydrogen) atoms. The second kappa shape index (κ2) is 10.9. The molecule has 2 fully saturated rings. The number of carbonyl (C=O) groups excluding carboxylic acids is 3. The second-order valence-electron chi connectivity index (χ2n) is 10.4. The molecule has 7 heteroatoms. The van der Waals surface area contributed by atoms with E-state index in [1.54, 1.807) is 4.90 Å². The third-order valence-electron chi connectivity index (χ3n) is 8.19. The molecule has 7 nitrogen and oxygen atoms in total. The van der Waals surface area contributed by atoms with Crippen molar-refractivity contribution in [2.24, 2.45) is 11.1 Å². The van der Waals surface area contributed by atoms with Crippen molar-refractivity contribution in [2.45, 2.75) is 90.1 Å². The quantitative estimate of drug-likeness (QED) is 0.403. The van der Waals surface area contributed by atoms with Crippen LogP contribution in [-0.2, 0) is 16.1 Å². The summed E-state index contributed by atoms with van der Waals surface area (Å²) in [5, 5.41) is 2.40. The van der Waals surface area contributed by atoms with Gasteiger partial charge in [0.1, 0.15) is 6.04 Å². The summed E-state index contributed by atoms with van der Waals surface area (Å²) in [5.74, 6) is -0.726. The van der Waals surface area contributed by atoms with Crippen LogP contribution in [0, 0.1) is 5.41 Å². The average molecular weight is 469 g/mol. The number of nitrogens with two attached hydrogens (primary N) is 1. The van der Waals surface area contributed by atoms with Gasteiger partial charge in [0.05, 0.1) is 0 Å². The summed E-state index contributed by atoms with van der Waals surface area (Å²) in [5.41, 5.74) is 9.33. The SMILES string of the molecule is CCCCCN(CCC1(CN)CCCCC1)c1cccc2c1CN(C1CCC(=O)NC1=O)C2=O. The summed E-state index contributed by atoms with van der Waals surface area (Å²) in [7, 11) is 0. The number of nitrogens with one attached hydrogen (secondary N) is 1. The van der Waals surface area contributed by atoms with E-state index in [2.05, 4.69) is 23.2 Å². The van der Waals surface area contributed by atoms with Gasteiger partial charge in [0.25, 0.3) is 5.91 Å². The van der Waals surface area contributed by atoms with E-state index in [4.69, 9.17) is 5.73 Å². The van der Waals surface area contributed by atoms with Crippen molar-refractivity contribution in [1.29, 1.82) is 0 Å². The summed E-state index contributed by atoms with van der Waals surface area (Å²) in [6, 6.07) is 5.38. The first-order chi connectivity index (χ1) is 16.5. The number of nitrogens with zero attached hydrogens (tertiary/aromatic N) is 2. The Labute approximate surface area is 203 Å². The number of benzene rings is 1. The zero-order valence-corrected chi connectivity index (χ0v) is 20.6. The van der Waals surface area contributed by atoms with E-state index >= 15 is 0 Å². The molecule has 1 aliphatic carbocycles. The molecule has 1 saturated carbocycles. The molecule has 0 bridgehead atoms. The van der Waals surface area contributed by atoms with Gasteiger partial charge in [0.2, 0.25) is 11.8 Å². The Balaban J connectivity index is 1.56. The number of hydrogen-bond acceptors (Lipinski definition) is 5. The van der Waals surface area contributed by atoms with Gasteiger partial charge in [-0.1, -0.05) is 45.1 Å². The largest absolute Gasteiger partial charge is 0.371 e. The minimum Gasteiger partial charge on any atom is -0.371 e. The number of carbonyl (C=O) groups is 3. The van der Waals surface area contributed by atoms with Crippen LogP contribution in [0.2, 0.25) is 0 Å². The van der Waals surface area contributed by atoms with Crippen LogP contribution in [0.1, 0.15) is 93.5 Å². The van der Waals surface area contributed by atoms with Gasteiger partial charge in [-0.05, 0) is 56.2 Å². The first-order valence-corrected chi connectivity index (χ1v) is 13.2. The minimum absolute atomic E-state index is 0.106. The van der Waals surface area contributed by atoms with Crippen molar-refractivity contribution >= 4 is 23.4 Å². The van der Waals surface area contributed by atoms with Gasteiger partial charge >= 0.3 is 0 Å². The molecule has 186 valence electrons. The highest BCUT2D eigenvalue weighted by Gasteiger charge is 2.40. The molecular formula is C27H40N4O3. The van der Waals surface area contributed by atoms with E-state index in [1.165, 1.54) is 38.5 Å². The fraction of sp³-hybridized carbons (Fsp3) is 0.667. The Kier molecular flexibility index (Phi) is 7.91. The molecule has 0 spiro atoms. The highest BCUT2D eigenvalue weighted by Crippen LogP contribution is 2.40. The van der Waals surface area contributed by atoms with Crippen molar-refractivity contribution in [3.05, 3.63) is 29.3 Å². The third kappa shape index (κ3) is 5.14. The summed E-state index contributed by atoms with van der Waals surface area (Å²) in [4.78, 5) is 41.5. The number of fused-ring (bicyclic) bond motifs is 1. The molecule has 0 aromatic heterocycles. The second-order valence-corrected chi connectivity index (χ2v) is 10.4. The van der Waals surface area contributed by atoms with Gasteiger partial charge in [0, 0.05) is 42.9 Å². The number of imide groups is 1. The molecule has 3 N–H and O–H groups in total. The number of anilines is 1. The van der Waals surface area contributed by atoms with E-state index in [-0.39, 0.29) is 29.6 Å². The maximum atomic E-state index is 13.3. The predicted octanol–water partition coefficient (Wildman–Crippen LogP) is 3.74. The smallest absolute Gasteiger partial charge is 0.255 e. The topological polar surface area (TPSA) is 95.7 Å². The number of rotatable bonds is 10. The first kappa shape index (κ1) is 24.7. The maximum absolute atomic E-state index is 13.3. The molecule has 2 heterocycles. The Bertz CT molecular complexity index is 909. The number of hydrogen-bond donors (Lipinski definition) is 2. The summed E-state index contributed by atoms with van der Waals surface area (Å²) < 4.78 is 0. The Morgan fingerprint density at radius 3 is 2.62 bits per heavy atom. The Morgan fingerprint density at radius 1 is 1.12 bits per heavy atom. The van der Waals surface area contributed by atoms with Crippen LogP contribution in [0.3, 0.4) is 0 Å². The molecule has 1 aromatic carbocycles. The van der Waals surface area contributed by atoms with E-state index in [0.717, 1.165) is 50.1 Å². The zero-order chi connectivity index (χ0) is 24.1. The van der Waals surface area contributed by atoms with Crippen LogP contribution in [-0.4, -0.2) is 48.3 Å². The van der Waals surface area contributed by atoms with E-state index < -0.39 is 6.04 Å². The van der Waals surface area contributed by atoms with Gasteiger partial charge in [-0.25, -0.2) is 0 Å². The van der Waals surface area contributed by atoms with Gasteiger partial charge in [-0.2, -0.15) is 0 Å². The molecule has 1 saturated heterocycles. The number of amides is 3. The highest BCUT2D eigenvalue weighted by molar-refractivity contribution is 6.06.